The fourth-order valence-corrected chi connectivity index (χ4v) is 3.25. The molecule has 1 heterocycles. The minimum absolute atomic E-state index is 0.131. The molecule has 0 aliphatic carbocycles. The molecule has 136 valence electrons. The van der Waals surface area contributed by atoms with Crippen LogP contribution in [0.4, 0.5) is 0 Å². The lowest BCUT2D eigenvalue weighted by Gasteiger charge is -2.11. The number of rotatable bonds is 8. The summed E-state index contributed by atoms with van der Waals surface area (Å²) in [6.45, 7) is 4.57. The molecule has 1 atom stereocenters. The molecule has 0 aliphatic heterocycles. The Bertz CT molecular complexity index is 715. The molecule has 0 aliphatic rings. The van der Waals surface area contributed by atoms with Crippen molar-refractivity contribution in [1.29, 1.82) is 0 Å². The van der Waals surface area contributed by atoms with E-state index in [1.165, 1.54) is 11.3 Å². The average molecular weight is 363 g/mol. The number of aromatic nitrogens is 1. The Morgan fingerprint density at radius 1 is 1.32 bits per heavy atom. The summed E-state index contributed by atoms with van der Waals surface area (Å²) in [5.41, 5.74) is 7.39. The van der Waals surface area contributed by atoms with Crippen LogP contribution < -0.4 is 20.5 Å². The molecular formula is C18H25N3O3S. The van der Waals surface area contributed by atoms with Crippen molar-refractivity contribution in [3.8, 4) is 11.5 Å². The third kappa shape index (κ3) is 5.17. The van der Waals surface area contributed by atoms with Crippen molar-refractivity contribution in [1.82, 2.24) is 10.3 Å². The molecule has 1 aromatic carbocycles. The zero-order valence-corrected chi connectivity index (χ0v) is 15.9. The second-order valence-corrected chi connectivity index (χ2v) is 7.06. The third-order valence-electron chi connectivity index (χ3n) is 3.73. The van der Waals surface area contributed by atoms with Gasteiger partial charge >= 0.3 is 0 Å². The maximum atomic E-state index is 12.3. The summed E-state index contributed by atoms with van der Waals surface area (Å²) < 4.78 is 10.5. The van der Waals surface area contributed by atoms with Gasteiger partial charge in [-0.15, -0.1) is 11.3 Å². The van der Waals surface area contributed by atoms with E-state index in [0.717, 1.165) is 17.0 Å². The van der Waals surface area contributed by atoms with E-state index in [0.29, 0.717) is 29.7 Å². The third-order valence-corrected chi connectivity index (χ3v) is 4.71. The number of methoxy groups -OCH3 is 2. The summed E-state index contributed by atoms with van der Waals surface area (Å²) in [7, 11) is 3.18. The molecule has 0 bridgehead atoms. The van der Waals surface area contributed by atoms with Gasteiger partial charge in [0.2, 0.25) is 0 Å². The Morgan fingerprint density at radius 3 is 2.72 bits per heavy atom. The fraction of sp³-hybridized carbons (Fsp3) is 0.444. The van der Waals surface area contributed by atoms with Crippen LogP contribution in [0.15, 0.2) is 23.6 Å². The van der Waals surface area contributed by atoms with Gasteiger partial charge < -0.3 is 20.5 Å². The Hall–Kier alpha value is -2.12. The van der Waals surface area contributed by atoms with Gasteiger partial charge in [-0.1, -0.05) is 13.8 Å². The molecule has 0 radical (unpaired) electrons. The summed E-state index contributed by atoms with van der Waals surface area (Å²) in [5.74, 6) is 1.63. The summed E-state index contributed by atoms with van der Waals surface area (Å²) in [5, 5.41) is 5.40. The van der Waals surface area contributed by atoms with Crippen molar-refractivity contribution in [2.75, 3.05) is 14.2 Å². The van der Waals surface area contributed by atoms with Crippen LogP contribution in [0.3, 0.4) is 0 Å². The quantitative estimate of drug-likeness (QED) is 0.752. The lowest BCUT2D eigenvalue weighted by atomic mass is 10.1. The molecule has 0 fully saturated rings. The monoisotopic (exact) mass is 363 g/mol. The van der Waals surface area contributed by atoms with E-state index in [9.17, 15) is 4.79 Å². The van der Waals surface area contributed by atoms with Gasteiger partial charge in [0.1, 0.15) is 22.2 Å². The summed E-state index contributed by atoms with van der Waals surface area (Å²) in [6.07, 6.45) is 0.845. The van der Waals surface area contributed by atoms with Crippen molar-refractivity contribution in [2.24, 2.45) is 11.7 Å². The van der Waals surface area contributed by atoms with E-state index < -0.39 is 0 Å². The lowest BCUT2D eigenvalue weighted by Crippen LogP contribution is -2.23. The van der Waals surface area contributed by atoms with Gasteiger partial charge in [0.05, 0.1) is 20.3 Å². The van der Waals surface area contributed by atoms with E-state index in [4.69, 9.17) is 15.2 Å². The van der Waals surface area contributed by atoms with Crippen molar-refractivity contribution in [2.45, 2.75) is 32.9 Å². The Labute approximate surface area is 152 Å². The summed E-state index contributed by atoms with van der Waals surface area (Å²) in [6, 6.07) is 5.35. The Kier molecular flexibility index (Phi) is 6.78. The molecule has 6 nitrogen and oxygen atoms in total. The number of carbonyl (C=O) groups is 1. The zero-order valence-electron chi connectivity index (χ0n) is 15.0. The van der Waals surface area contributed by atoms with Crippen LogP contribution >= 0.6 is 11.3 Å². The highest BCUT2D eigenvalue weighted by Crippen LogP contribution is 2.25. The smallest absolute Gasteiger partial charge is 0.271 e. The van der Waals surface area contributed by atoms with Crippen LogP contribution in [0.1, 0.15) is 47.4 Å². The van der Waals surface area contributed by atoms with Crippen LogP contribution in [-0.4, -0.2) is 25.1 Å². The van der Waals surface area contributed by atoms with E-state index in [1.54, 1.807) is 25.7 Å². The van der Waals surface area contributed by atoms with E-state index in [2.05, 4.69) is 24.1 Å². The predicted octanol–water partition coefficient (Wildman–Crippen LogP) is 3.14. The first-order valence-electron chi connectivity index (χ1n) is 8.14. The van der Waals surface area contributed by atoms with Gasteiger partial charge in [0, 0.05) is 23.6 Å². The number of carbonyl (C=O) groups excluding carboxylic acids is 1. The number of nitrogens with two attached hydrogens (primary N) is 1. The molecule has 1 aromatic heterocycles. The van der Waals surface area contributed by atoms with Crippen molar-refractivity contribution in [3.63, 3.8) is 0 Å². The molecule has 25 heavy (non-hydrogen) atoms. The van der Waals surface area contributed by atoms with Gasteiger partial charge in [-0.25, -0.2) is 4.98 Å². The highest BCUT2D eigenvalue weighted by molar-refractivity contribution is 7.09. The van der Waals surface area contributed by atoms with Crippen molar-refractivity contribution >= 4 is 17.2 Å². The first kappa shape index (κ1) is 19.2. The predicted molar refractivity (Wildman–Crippen MR) is 99.2 cm³/mol. The van der Waals surface area contributed by atoms with E-state index in [1.807, 2.05) is 12.1 Å². The molecule has 0 saturated heterocycles. The average Bonchev–Trinajstić information content (AvgIpc) is 3.09. The number of benzene rings is 1. The molecular weight excluding hydrogens is 338 g/mol. The molecule has 1 unspecified atom stereocenters. The fourth-order valence-electron chi connectivity index (χ4n) is 2.43. The standard InChI is InChI=1S/C18H25N3O3S/c1-11(2)7-14(19)18-21-15(10-25-18)17(22)20-9-12-5-6-13(23-3)8-16(12)24-4/h5-6,8,10-11,14H,7,9,19H2,1-4H3,(H,20,22). The Balaban J connectivity index is 2.00. The summed E-state index contributed by atoms with van der Waals surface area (Å²) >= 11 is 1.42. The topological polar surface area (TPSA) is 86.5 Å². The number of amides is 1. The number of ether oxygens (including phenoxy) is 2. The van der Waals surface area contributed by atoms with Gasteiger partial charge in [0.15, 0.2) is 0 Å². The normalized spacial score (nSPS) is 12.1. The van der Waals surface area contributed by atoms with Crippen molar-refractivity contribution < 1.29 is 14.3 Å². The zero-order chi connectivity index (χ0) is 18.4. The van der Waals surface area contributed by atoms with Gasteiger partial charge in [-0.05, 0) is 24.5 Å². The molecule has 3 N–H and O–H groups in total. The number of nitrogens with zero attached hydrogens (tertiary/aromatic N) is 1. The second kappa shape index (κ2) is 8.82. The molecule has 2 rings (SSSR count). The van der Waals surface area contributed by atoms with E-state index in [-0.39, 0.29) is 11.9 Å². The van der Waals surface area contributed by atoms with Crippen molar-refractivity contribution in [3.05, 3.63) is 39.8 Å². The SMILES string of the molecule is COc1ccc(CNC(=O)c2csc(C(N)CC(C)C)n2)c(OC)c1. The minimum Gasteiger partial charge on any atom is -0.497 e. The Morgan fingerprint density at radius 2 is 2.08 bits per heavy atom. The van der Waals surface area contributed by atoms with Crippen LogP contribution in [0.5, 0.6) is 11.5 Å². The highest BCUT2D eigenvalue weighted by Gasteiger charge is 2.16. The minimum atomic E-state index is -0.225. The highest BCUT2D eigenvalue weighted by atomic mass is 32.1. The molecule has 0 saturated carbocycles. The first-order chi connectivity index (χ1) is 11.9. The van der Waals surface area contributed by atoms with Gasteiger partial charge in [-0.2, -0.15) is 0 Å². The van der Waals surface area contributed by atoms with Crippen LogP contribution in [0.2, 0.25) is 0 Å². The van der Waals surface area contributed by atoms with Crippen LogP contribution in [0, 0.1) is 5.92 Å². The maximum absolute atomic E-state index is 12.3. The number of hydrogen-bond donors (Lipinski definition) is 2. The number of hydrogen-bond acceptors (Lipinski definition) is 6. The second-order valence-electron chi connectivity index (χ2n) is 6.17. The first-order valence-corrected chi connectivity index (χ1v) is 9.02. The number of thiazole rings is 1. The van der Waals surface area contributed by atoms with Gasteiger partial charge in [0.25, 0.3) is 5.91 Å². The largest absolute Gasteiger partial charge is 0.497 e. The molecule has 1 amide bonds. The number of nitrogens with one attached hydrogen (secondary N) is 1. The van der Waals surface area contributed by atoms with Crippen LogP contribution in [0.25, 0.3) is 0 Å². The van der Waals surface area contributed by atoms with E-state index >= 15 is 0 Å². The van der Waals surface area contributed by atoms with Gasteiger partial charge in [-0.3, -0.25) is 4.79 Å². The summed E-state index contributed by atoms with van der Waals surface area (Å²) in [4.78, 5) is 16.7. The van der Waals surface area contributed by atoms with Crippen LogP contribution in [-0.2, 0) is 6.54 Å². The lowest BCUT2D eigenvalue weighted by molar-refractivity contribution is 0.0946. The molecule has 0 spiro atoms. The maximum Gasteiger partial charge on any atom is 0.271 e. The molecule has 2 aromatic rings. The molecule has 7 heteroatoms.